The molecule has 3 nitrogen and oxygen atoms in total. The summed E-state index contributed by atoms with van der Waals surface area (Å²) in [5.74, 6) is -0.0408. The molecule has 1 amide bonds. The lowest BCUT2D eigenvalue weighted by Gasteiger charge is -2.20. The lowest BCUT2D eigenvalue weighted by atomic mass is 10.1. The fraction of sp³-hybridized carbons (Fsp3) is 0.889. The Bertz CT molecular complexity index is 159. The molecule has 1 rings (SSSR count). The molecule has 0 aromatic rings. The first kappa shape index (κ1) is 9.52. The van der Waals surface area contributed by atoms with Gasteiger partial charge in [0.1, 0.15) is 0 Å². The Labute approximate surface area is 73.2 Å². The van der Waals surface area contributed by atoms with Crippen molar-refractivity contribution < 1.29 is 9.90 Å². The van der Waals surface area contributed by atoms with E-state index in [1.807, 2.05) is 0 Å². The monoisotopic (exact) mass is 171 g/mol. The zero-order valence-corrected chi connectivity index (χ0v) is 7.55. The highest BCUT2D eigenvalue weighted by atomic mass is 16.3. The largest absolute Gasteiger partial charge is 0.391 e. The number of hydrogen-bond acceptors (Lipinski definition) is 2. The van der Waals surface area contributed by atoms with Crippen LogP contribution in [0.5, 0.6) is 0 Å². The van der Waals surface area contributed by atoms with Crippen LogP contribution in [-0.2, 0) is 4.79 Å². The Morgan fingerprint density at radius 2 is 2.00 bits per heavy atom. The van der Waals surface area contributed by atoms with E-state index in [2.05, 4.69) is 5.32 Å². The third-order valence-corrected chi connectivity index (χ3v) is 2.37. The highest BCUT2D eigenvalue weighted by Gasteiger charge is 2.21. The second-order valence-corrected chi connectivity index (χ2v) is 3.51. The lowest BCUT2D eigenvalue weighted by Crippen LogP contribution is -2.41. The molecule has 0 unspecified atom stereocenters. The van der Waals surface area contributed by atoms with Gasteiger partial charge in [0.25, 0.3) is 0 Å². The molecule has 2 atom stereocenters. The molecule has 1 saturated carbocycles. The second kappa shape index (κ2) is 4.45. The van der Waals surface area contributed by atoms with Gasteiger partial charge in [-0.15, -0.1) is 0 Å². The average Bonchev–Trinajstić information content (AvgIpc) is 2.16. The standard InChI is InChI=1S/C9H17NO2/c1-7(11)10-8-5-3-2-4-6-9(8)12/h8-9,12H,2-6H2,1H3,(H,10,11)/t8-,9-/m0/s1. The number of carbonyl (C=O) groups is 1. The summed E-state index contributed by atoms with van der Waals surface area (Å²) in [5, 5.41) is 12.4. The van der Waals surface area contributed by atoms with Crippen LogP contribution < -0.4 is 5.32 Å². The van der Waals surface area contributed by atoms with Crippen molar-refractivity contribution in [2.45, 2.75) is 51.2 Å². The first-order valence-electron chi connectivity index (χ1n) is 4.65. The van der Waals surface area contributed by atoms with Crippen LogP contribution in [0.4, 0.5) is 0 Å². The van der Waals surface area contributed by atoms with Gasteiger partial charge in [0.2, 0.25) is 5.91 Å². The maximum atomic E-state index is 10.7. The van der Waals surface area contributed by atoms with Crippen LogP contribution in [0, 0.1) is 0 Å². The number of aliphatic hydroxyl groups is 1. The van der Waals surface area contributed by atoms with Gasteiger partial charge >= 0.3 is 0 Å². The Kier molecular flexibility index (Phi) is 3.53. The summed E-state index contributed by atoms with van der Waals surface area (Å²) >= 11 is 0. The molecule has 70 valence electrons. The van der Waals surface area contributed by atoms with Gasteiger partial charge in [-0.3, -0.25) is 4.79 Å². The van der Waals surface area contributed by atoms with Crippen molar-refractivity contribution in [3.8, 4) is 0 Å². The number of aliphatic hydroxyl groups excluding tert-OH is 1. The van der Waals surface area contributed by atoms with Crippen molar-refractivity contribution in [3.63, 3.8) is 0 Å². The summed E-state index contributed by atoms with van der Waals surface area (Å²) in [7, 11) is 0. The van der Waals surface area contributed by atoms with E-state index >= 15 is 0 Å². The van der Waals surface area contributed by atoms with Crippen molar-refractivity contribution in [1.29, 1.82) is 0 Å². The van der Waals surface area contributed by atoms with Gasteiger partial charge in [-0.05, 0) is 12.8 Å². The van der Waals surface area contributed by atoms with Crippen molar-refractivity contribution in [1.82, 2.24) is 5.32 Å². The first-order valence-corrected chi connectivity index (χ1v) is 4.65. The number of hydrogen-bond donors (Lipinski definition) is 2. The highest BCUT2D eigenvalue weighted by molar-refractivity contribution is 5.73. The summed E-state index contributed by atoms with van der Waals surface area (Å²) in [6.07, 6.45) is 4.77. The molecule has 0 bridgehead atoms. The predicted octanol–water partition coefficient (Wildman–Crippen LogP) is 0.816. The Morgan fingerprint density at radius 1 is 1.33 bits per heavy atom. The molecule has 1 aliphatic rings. The van der Waals surface area contributed by atoms with Gasteiger partial charge in [0, 0.05) is 6.92 Å². The SMILES string of the molecule is CC(=O)N[C@H]1CCCCC[C@@H]1O. The fourth-order valence-corrected chi connectivity index (χ4v) is 1.72. The minimum absolute atomic E-state index is 0.00926. The van der Waals surface area contributed by atoms with Crippen LogP contribution in [0.15, 0.2) is 0 Å². The van der Waals surface area contributed by atoms with Crippen LogP contribution in [-0.4, -0.2) is 23.2 Å². The van der Waals surface area contributed by atoms with Crippen molar-refractivity contribution >= 4 is 5.91 Å². The average molecular weight is 171 g/mol. The topological polar surface area (TPSA) is 49.3 Å². The molecule has 1 aliphatic carbocycles. The second-order valence-electron chi connectivity index (χ2n) is 3.51. The molecule has 0 aromatic carbocycles. The van der Waals surface area contributed by atoms with Crippen molar-refractivity contribution in [3.05, 3.63) is 0 Å². The molecule has 2 N–H and O–H groups in total. The van der Waals surface area contributed by atoms with Gasteiger partial charge in [0.05, 0.1) is 12.1 Å². The van der Waals surface area contributed by atoms with E-state index in [0.29, 0.717) is 0 Å². The molecule has 12 heavy (non-hydrogen) atoms. The Morgan fingerprint density at radius 3 is 2.67 bits per heavy atom. The van der Waals surface area contributed by atoms with Gasteiger partial charge in [0.15, 0.2) is 0 Å². The zero-order valence-electron chi connectivity index (χ0n) is 7.55. The minimum Gasteiger partial charge on any atom is -0.391 e. The number of carbonyl (C=O) groups excluding carboxylic acids is 1. The number of rotatable bonds is 1. The van der Waals surface area contributed by atoms with Crippen LogP contribution >= 0.6 is 0 Å². The summed E-state index contributed by atoms with van der Waals surface area (Å²) in [6, 6.07) is -0.00926. The van der Waals surface area contributed by atoms with E-state index in [1.165, 1.54) is 13.3 Å². The zero-order chi connectivity index (χ0) is 8.97. The van der Waals surface area contributed by atoms with Crippen LogP contribution in [0.2, 0.25) is 0 Å². The van der Waals surface area contributed by atoms with Crippen molar-refractivity contribution in [2.24, 2.45) is 0 Å². The van der Waals surface area contributed by atoms with Crippen LogP contribution in [0.1, 0.15) is 39.0 Å². The Hall–Kier alpha value is -0.570. The van der Waals surface area contributed by atoms with Gasteiger partial charge in [-0.1, -0.05) is 19.3 Å². The number of nitrogens with one attached hydrogen (secondary N) is 1. The van der Waals surface area contributed by atoms with Gasteiger partial charge < -0.3 is 10.4 Å². The molecule has 0 aromatic heterocycles. The summed E-state index contributed by atoms with van der Waals surface area (Å²) < 4.78 is 0. The lowest BCUT2D eigenvalue weighted by molar-refractivity contribution is -0.120. The molecule has 1 fully saturated rings. The van der Waals surface area contributed by atoms with Crippen molar-refractivity contribution in [2.75, 3.05) is 0 Å². The molecule has 0 radical (unpaired) electrons. The molecule has 0 aliphatic heterocycles. The smallest absolute Gasteiger partial charge is 0.217 e. The first-order chi connectivity index (χ1) is 5.70. The fourth-order valence-electron chi connectivity index (χ4n) is 1.72. The molecule has 0 saturated heterocycles. The summed E-state index contributed by atoms with van der Waals surface area (Å²) in [5.41, 5.74) is 0. The van der Waals surface area contributed by atoms with Crippen LogP contribution in [0.3, 0.4) is 0 Å². The quantitative estimate of drug-likeness (QED) is 0.574. The molecule has 3 heteroatoms. The summed E-state index contributed by atoms with van der Waals surface area (Å²) in [6.45, 7) is 1.50. The van der Waals surface area contributed by atoms with E-state index in [9.17, 15) is 9.90 Å². The molecular weight excluding hydrogens is 154 g/mol. The number of amides is 1. The van der Waals surface area contributed by atoms with E-state index in [1.54, 1.807) is 0 Å². The highest BCUT2D eigenvalue weighted by Crippen LogP contribution is 2.17. The third-order valence-electron chi connectivity index (χ3n) is 2.37. The minimum atomic E-state index is -0.337. The molecule has 0 heterocycles. The van der Waals surface area contributed by atoms with Gasteiger partial charge in [-0.25, -0.2) is 0 Å². The molecule has 0 spiro atoms. The normalized spacial score (nSPS) is 30.8. The van der Waals surface area contributed by atoms with E-state index in [0.717, 1.165) is 25.7 Å². The summed E-state index contributed by atoms with van der Waals surface area (Å²) in [4.78, 5) is 10.7. The van der Waals surface area contributed by atoms with Crippen LogP contribution in [0.25, 0.3) is 0 Å². The van der Waals surface area contributed by atoms with E-state index in [4.69, 9.17) is 0 Å². The van der Waals surface area contributed by atoms with E-state index in [-0.39, 0.29) is 18.1 Å². The third kappa shape index (κ3) is 2.81. The van der Waals surface area contributed by atoms with E-state index < -0.39 is 0 Å². The Balaban J connectivity index is 2.41. The predicted molar refractivity (Wildman–Crippen MR) is 46.7 cm³/mol. The van der Waals surface area contributed by atoms with Gasteiger partial charge in [-0.2, -0.15) is 0 Å². The maximum absolute atomic E-state index is 10.7. The molecular formula is C9H17NO2. The maximum Gasteiger partial charge on any atom is 0.217 e.